The molecule has 0 aliphatic carbocycles. The Balaban J connectivity index is 3.44. The van der Waals surface area contributed by atoms with E-state index in [9.17, 15) is 0 Å². The molecule has 1 heterocycles. The van der Waals surface area contributed by atoms with Crippen LogP contribution in [0.5, 0.6) is 0 Å². The molecule has 0 bridgehead atoms. The first kappa shape index (κ1) is 5.78. The van der Waals surface area contributed by atoms with Crippen LogP contribution in [0, 0.1) is 0 Å². The van der Waals surface area contributed by atoms with Gasteiger partial charge < -0.3 is 0 Å². The van der Waals surface area contributed by atoms with Crippen molar-refractivity contribution in [1.29, 1.82) is 0 Å². The van der Waals surface area contributed by atoms with Gasteiger partial charge in [0, 0.05) is 7.49 Å². The summed E-state index contributed by atoms with van der Waals surface area (Å²) in [6.45, 7) is 3.79. The topological polar surface area (TPSA) is 0 Å². The van der Waals surface area contributed by atoms with Gasteiger partial charge in [0.15, 0.2) is 0 Å². The van der Waals surface area contributed by atoms with Crippen LogP contribution in [0.3, 0.4) is 0 Å². The first-order chi connectivity index (χ1) is 3.79. The Bertz CT molecular complexity index is 214. The number of rotatable bonds is 0. The third-order valence-corrected chi connectivity index (χ3v) is 3.63. The van der Waals surface area contributed by atoms with E-state index in [0.717, 1.165) is 5.22 Å². The molecule has 0 unspecified atom stereocenters. The highest BCUT2D eigenvalue weighted by Crippen LogP contribution is 1.67. The van der Waals surface area contributed by atoms with Gasteiger partial charge in [-0.15, -0.1) is 0 Å². The zero-order valence-electron chi connectivity index (χ0n) is 4.72. The van der Waals surface area contributed by atoms with Gasteiger partial charge in [0.1, 0.15) is 0 Å². The summed E-state index contributed by atoms with van der Waals surface area (Å²) in [6, 6.07) is 4.20. The van der Waals surface area contributed by atoms with E-state index in [2.05, 4.69) is 39.4 Å². The van der Waals surface area contributed by atoms with E-state index >= 15 is 0 Å². The van der Waals surface area contributed by atoms with Gasteiger partial charge in [0.25, 0.3) is 0 Å². The van der Waals surface area contributed by atoms with Gasteiger partial charge >= 0.3 is 0 Å². The fourth-order valence-electron chi connectivity index (χ4n) is 0.539. The van der Waals surface area contributed by atoms with Crippen LogP contribution in [0.2, 0.25) is 0 Å². The van der Waals surface area contributed by atoms with Crippen molar-refractivity contribution < 1.29 is 0 Å². The van der Waals surface area contributed by atoms with Gasteiger partial charge in [-0.05, 0) is 14.6 Å². The molecule has 1 aromatic heterocycles. The Hall–Kier alpha value is -0.346. The molecule has 1 rings (SSSR count). The van der Waals surface area contributed by atoms with Crippen LogP contribution in [0.15, 0.2) is 23.5 Å². The minimum Gasteiger partial charge on any atom is -0.0918 e. The predicted molar refractivity (Wildman–Crippen MR) is 41.5 cm³/mol. The van der Waals surface area contributed by atoms with Crippen LogP contribution in [0.1, 0.15) is 0 Å². The van der Waals surface area contributed by atoms with E-state index in [1.54, 1.807) is 0 Å². The number of hydrogen-bond donors (Lipinski definition) is 0. The average molecular weight is 136 g/mol. The van der Waals surface area contributed by atoms with Crippen molar-refractivity contribution >= 4 is 23.4 Å². The van der Waals surface area contributed by atoms with E-state index in [1.807, 2.05) is 0 Å². The first-order valence-electron chi connectivity index (χ1n) is 2.53. The maximum atomic E-state index is 3.79. The monoisotopic (exact) mass is 136 g/mol. The summed E-state index contributed by atoms with van der Waals surface area (Å²) in [5.41, 5.74) is 4.51. The van der Waals surface area contributed by atoms with Crippen LogP contribution in [-0.4, -0.2) is 16.8 Å². The van der Waals surface area contributed by atoms with Crippen LogP contribution in [0.4, 0.5) is 0 Å². The van der Waals surface area contributed by atoms with Gasteiger partial charge in [-0.3, -0.25) is 0 Å². The second-order valence-corrected chi connectivity index (χ2v) is 6.08. The van der Waals surface area contributed by atoms with Gasteiger partial charge in [-0.1, -0.05) is 30.1 Å². The summed E-state index contributed by atoms with van der Waals surface area (Å²) in [5.74, 6) is 0. The highest BCUT2D eigenvalue weighted by molar-refractivity contribution is 6.71. The highest BCUT2D eigenvalue weighted by atomic mass is 28.8. The fourth-order valence-corrected chi connectivity index (χ4v) is 2.21. The molecule has 40 valence electrons. The molecule has 0 N–H and O–H groups in total. The molecule has 0 aromatic carbocycles. The summed E-state index contributed by atoms with van der Waals surface area (Å²) < 4.78 is 0. The van der Waals surface area contributed by atoms with Gasteiger partial charge in [-0.25, -0.2) is 0 Å². The molecule has 2 heteroatoms. The SMILES string of the molecule is C=c1cc[si](=[SiH2])cc1. The Labute approximate surface area is 52.8 Å². The molecule has 0 atom stereocenters. The summed E-state index contributed by atoms with van der Waals surface area (Å²) in [7, 11) is 1.85. The molecule has 0 aliphatic heterocycles. The van der Waals surface area contributed by atoms with Crippen molar-refractivity contribution in [3.8, 4) is 0 Å². The molecule has 0 saturated heterocycles. The smallest absolute Gasteiger partial charge is 0.0336 e. The molecule has 0 spiro atoms. The number of hydrogen-bond acceptors (Lipinski definition) is 0. The highest BCUT2D eigenvalue weighted by Gasteiger charge is 1.70. The molecule has 0 aliphatic rings. The Morgan fingerprint density at radius 1 is 1.38 bits per heavy atom. The lowest BCUT2D eigenvalue weighted by Crippen LogP contribution is -1.95. The average Bonchev–Trinajstić information content (AvgIpc) is 1.77. The molecule has 0 radical (unpaired) electrons. The van der Waals surface area contributed by atoms with Gasteiger partial charge in [0.2, 0.25) is 0 Å². The van der Waals surface area contributed by atoms with Crippen molar-refractivity contribution in [1.82, 2.24) is 0 Å². The maximum absolute atomic E-state index is 3.79. The van der Waals surface area contributed by atoms with Crippen molar-refractivity contribution in [2.75, 3.05) is 0 Å². The van der Waals surface area contributed by atoms with Crippen LogP contribution < -0.4 is 5.22 Å². The second-order valence-electron chi connectivity index (χ2n) is 1.82. The third-order valence-electron chi connectivity index (χ3n) is 1.02. The molecule has 8 heavy (non-hydrogen) atoms. The minimum absolute atomic E-state index is 0.220. The van der Waals surface area contributed by atoms with E-state index in [0.29, 0.717) is 0 Å². The van der Waals surface area contributed by atoms with Crippen LogP contribution >= 0.6 is 0 Å². The Morgan fingerprint density at radius 2 is 1.88 bits per heavy atom. The maximum Gasteiger partial charge on any atom is 0.0336 e. The van der Waals surface area contributed by atoms with E-state index in [4.69, 9.17) is 0 Å². The summed E-state index contributed by atoms with van der Waals surface area (Å²) in [6.07, 6.45) is 0. The Morgan fingerprint density at radius 3 is 2.25 bits per heavy atom. The predicted octanol–water partition coefficient (Wildman–Crippen LogP) is -0.481. The lowest BCUT2D eigenvalue weighted by atomic mass is 10.5. The molecular formula is C6H8Si2. The molecule has 0 saturated carbocycles. The molecule has 1 aromatic rings. The van der Waals surface area contributed by atoms with Crippen LogP contribution in [0.25, 0.3) is 6.58 Å². The molecular weight excluding hydrogens is 128 g/mol. The summed E-state index contributed by atoms with van der Waals surface area (Å²) >= 11 is 0. The van der Waals surface area contributed by atoms with Crippen molar-refractivity contribution in [3.05, 3.63) is 28.7 Å². The molecule has 0 amide bonds. The van der Waals surface area contributed by atoms with E-state index in [1.165, 1.54) is 0 Å². The minimum atomic E-state index is -0.220. The lowest BCUT2D eigenvalue weighted by Gasteiger charge is -1.78. The van der Waals surface area contributed by atoms with E-state index < -0.39 is 0 Å². The standard InChI is InChI=1S/C6H8Si2/c1-6-2-4-8(7)5-3-6/h2-5H,1,7H2. The van der Waals surface area contributed by atoms with Crippen molar-refractivity contribution in [3.63, 3.8) is 0 Å². The van der Waals surface area contributed by atoms with E-state index in [-0.39, 0.29) is 7.49 Å². The first-order valence-corrected chi connectivity index (χ1v) is 6.51. The van der Waals surface area contributed by atoms with Crippen molar-refractivity contribution in [2.45, 2.75) is 0 Å². The van der Waals surface area contributed by atoms with Crippen LogP contribution in [-0.2, 0) is 0 Å². The zero-order chi connectivity index (χ0) is 5.98. The zero-order valence-corrected chi connectivity index (χ0v) is 7.14. The summed E-state index contributed by atoms with van der Waals surface area (Å²) in [4.78, 5) is 0. The summed E-state index contributed by atoms with van der Waals surface area (Å²) in [5, 5.41) is 1.13. The second kappa shape index (κ2) is 2.28. The molecule has 0 fully saturated rings. The van der Waals surface area contributed by atoms with Crippen molar-refractivity contribution in [2.24, 2.45) is 0 Å². The largest absolute Gasteiger partial charge is 0.0918 e. The Kier molecular flexibility index (Phi) is 1.65. The fraction of sp³-hybridized carbons (Fsp3) is 0. The van der Waals surface area contributed by atoms with Gasteiger partial charge in [0.05, 0.1) is 0 Å². The lowest BCUT2D eigenvalue weighted by molar-refractivity contribution is 1.73. The third kappa shape index (κ3) is 1.31. The van der Waals surface area contributed by atoms with Gasteiger partial charge in [-0.2, -0.15) is 0 Å². The quantitative estimate of drug-likeness (QED) is 0.423. The molecule has 0 nitrogen and oxygen atoms in total. The normalized spacial score (nSPS) is 9.00.